The Morgan fingerprint density at radius 3 is 1.91 bits per heavy atom. The van der Waals surface area contributed by atoms with Gasteiger partial charge >= 0.3 is 5.97 Å². The number of methoxy groups -OCH3 is 1. The van der Waals surface area contributed by atoms with Gasteiger partial charge in [0.25, 0.3) is 0 Å². The van der Waals surface area contributed by atoms with Crippen LogP contribution < -0.4 is 5.19 Å². The first-order valence-corrected chi connectivity index (χ1v) is 14.7. The Labute approximate surface area is 197 Å². The molecule has 0 spiro atoms. The van der Waals surface area contributed by atoms with Gasteiger partial charge < -0.3 is 4.74 Å². The van der Waals surface area contributed by atoms with Crippen LogP contribution in [0.15, 0.2) is 78.9 Å². The van der Waals surface area contributed by atoms with Crippen molar-refractivity contribution in [2.24, 2.45) is 0 Å². The SMILES string of the molecule is COC(=O)CC/C(=C(\c1ccc(C)cc1)c1ccc([Si](C)(C)CCl)cc1)c1ccccc1. The Morgan fingerprint density at radius 1 is 0.812 bits per heavy atom. The summed E-state index contributed by atoms with van der Waals surface area (Å²) in [6.07, 6.45) is 0.934. The average molecular weight is 463 g/mol. The second kappa shape index (κ2) is 10.8. The van der Waals surface area contributed by atoms with Gasteiger partial charge in [0.15, 0.2) is 0 Å². The summed E-state index contributed by atoms with van der Waals surface area (Å²) in [4.78, 5) is 12.0. The fraction of sp³-hybridized carbons (Fsp3) is 0.250. The third kappa shape index (κ3) is 5.79. The Morgan fingerprint density at radius 2 is 1.38 bits per heavy atom. The number of allylic oxidation sites excluding steroid dienone is 1. The molecule has 0 radical (unpaired) electrons. The van der Waals surface area contributed by atoms with E-state index in [2.05, 4.69) is 80.7 Å². The summed E-state index contributed by atoms with van der Waals surface area (Å²) in [5, 5.41) is 1.34. The largest absolute Gasteiger partial charge is 0.469 e. The predicted octanol–water partition coefficient (Wildman–Crippen LogP) is 6.60. The highest BCUT2D eigenvalue weighted by Crippen LogP contribution is 2.35. The van der Waals surface area contributed by atoms with E-state index >= 15 is 0 Å². The van der Waals surface area contributed by atoms with E-state index in [1.165, 1.54) is 17.9 Å². The molecule has 2 nitrogen and oxygen atoms in total. The van der Waals surface area contributed by atoms with Crippen molar-refractivity contribution in [1.82, 2.24) is 0 Å². The summed E-state index contributed by atoms with van der Waals surface area (Å²) in [6, 6.07) is 27.8. The topological polar surface area (TPSA) is 26.3 Å². The zero-order valence-electron chi connectivity index (χ0n) is 19.3. The molecule has 3 aromatic carbocycles. The van der Waals surface area contributed by atoms with Gasteiger partial charge in [-0.1, -0.05) is 103 Å². The molecule has 0 N–H and O–H groups in total. The molecule has 0 heterocycles. The minimum Gasteiger partial charge on any atom is -0.469 e. The molecule has 0 aliphatic heterocycles. The predicted molar refractivity (Wildman–Crippen MR) is 139 cm³/mol. The summed E-state index contributed by atoms with van der Waals surface area (Å²) in [5.74, 6) is -0.202. The zero-order valence-corrected chi connectivity index (χ0v) is 21.1. The second-order valence-corrected chi connectivity index (χ2v) is 14.2. The number of benzene rings is 3. The first-order chi connectivity index (χ1) is 15.4. The van der Waals surface area contributed by atoms with Gasteiger partial charge in [-0.25, -0.2) is 0 Å². The highest BCUT2D eigenvalue weighted by molar-refractivity contribution is 6.94. The molecule has 166 valence electrons. The first-order valence-electron chi connectivity index (χ1n) is 10.9. The Bertz CT molecular complexity index is 1070. The quantitative estimate of drug-likeness (QED) is 0.163. The van der Waals surface area contributed by atoms with Crippen LogP contribution in [-0.4, -0.2) is 26.7 Å². The monoisotopic (exact) mass is 462 g/mol. The lowest BCUT2D eigenvalue weighted by Crippen LogP contribution is -2.43. The molecule has 0 saturated carbocycles. The van der Waals surface area contributed by atoms with Crippen LogP contribution in [0.1, 0.15) is 35.1 Å². The average Bonchev–Trinajstić information content (AvgIpc) is 2.83. The molecule has 0 aromatic heterocycles. The van der Waals surface area contributed by atoms with Crippen LogP contribution in [0.5, 0.6) is 0 Å². The van der Waals surface area contributed by atoms with Crippen molar-refractivity contribution in [3.05, 3.63) is 101 Å². The van der Waals surface area contributed by atoms with Crippen molar-refractivity contribution in [2.45, 2.75) is 32.9 Å². The molecule has 0 bridgehead atoms. The van der Waals surface area contributed by atoms with Gasteiger partial charge in [-0.2, -0.15) is 0 Å². The van der Waals surface area contributed by atoms with Gasteiger partial charge in [0.05, 0.1) is 15.2 Å². The fourth-order valence-corrected chi connectivity index (χ4v) is 5.47. The molecule has 0 atom stereocenters. The van der Waals surface area contributed by atoms with Crippen molar-refractivity contribution in [2.75, 3.05) is 12.6 Å². The number of esters is 1. The van der Waals surface area contributed by atoms with Gasteiger partial charge in [0.2, 0.25) is 0 Å². The van der Waals surface area contributed by atoms with Crippen molar-refractivity contribution in [3.8, 4) is 0 Å². The van der Waals surface area contributed by atoms with Crippen LogP contribution in [0, 0.1) is 6.92 Å². The lowest BCUT2D eigenvalue weighted by molar-refractivity contribution is -0.140. The van der Waals surface area contributed by atoms with E-state index in [1.807, 2.05) is 18.2 Å². The van der Waals surface area contributed by atoms with Crippen LogP contribution in [0.2, 0.25) is 13.1 Å². The van der Waals surface area contributed by atoms with E-state index in [-0.39, 0.29) is 5.97 Å². The second-order valence-electron chi connectivity index (χ2n) is 8.76. The van der Waals surface area contributed by atoms with E-state index in [0.717, 1.165) is 27.8 Å². The maximum Gasteiger partial charge on any atom is 0.305 e. The molecule has 3 aromatic rings. The van der Waals surface area contributed by atoms with Gasteiger partial charge in [0, 0.05) is 11.9 Å². The molecular formula is C28H31ClO2Si. The lowest BCUT2D eigenvalue weighted by Gasteiger charge is -2.21. The van der Waals surface area contributed by atoms with Gasteiger partial charge in [-0.3, -0.25) is 4.79 Å². The zero-order chi connectivity index (χ0) is 23.1. The Balaban J connectivity index is 2.21. The number of hydrogen-bond acceptors (Lipinski definition) is 2. The molecule has 0 aliphatic carbocycles. The number of rotatable bonds is 8. The van der Waals surface area contributed by atoms with Crippen molar-refractivity contribution in [3.63, 3.8) is 0 Å². The van der Waals surface area contributed by atoms with E-state index < -0.39 is 8.07 Å². The molecule has 0 saturated heterocycles. The number of hydrogen-bond donors (Lipinski definition) is 0. The normalized spacial score (nSPS) is 12.3. The van der Waals surface area contributed by atoms with Crippen LogP contribution in [0.3, 0.4) is 0 Å². The van der Waals surface area contributed by atoms with Crippen LogP contribution in [-0.2, 0) is 9.53 Å². The molecule has 0 unspecified atom stereocenters. The van der Waals surface area contributed by atoms with Crippen molar-refractivity contribution < 1.29 is 9.53 Å². The summed E-state index contributed by atoms with van der Waals surface area (Å²) >= 11 is 6.26. The smallest absolute Gasteiger partial charge is 0.305 e. The Hall–Kier alpha value is -2.62. The maximum absolute atomic E-state index is 12.0. The standard InChI is InChI=1S/C28H31ClO2Si/c1-21-10-12-23(13-11-21)28(24-14-16-25(17-15-24)32(3,4)20-29)26(18-19-27(30)31-2)22-8-6-5-7-9-22/h5-17H,18-20H2,1-4H3/b28-26-. The summed E-state index contributed by atoms with van der Waals surface area (Å²) in [6.45, 7) is 6.67. The number of carbonyl (C=O) groups is 1. The number of carbonyl (C=O) groups excluding carboxylic acids is 1. The molecule has 0 amide bonds. The van der Waals surface area contributed by atoms with Crippen LogP contribution in [0.25, 0.3) is 11.1 Å². The van der Waals surface area contributed by atoms with Crippen LogP contribution in [0.4, 0.5) is 0 Å². The number of aryl methyl sites for hydroxylation is 1. The minimum atomic E-state index is -1.64. The van der Waals surface area contributed by atoms with E-state index in [0.29, 0.717) is 18.3 Å². The van der Waals surface area contributed by atoms with Gasteiger partial charge in [0.1, 0.15) is 0 Å². The summed E-state index contributed by atoms with van der Waals surface area (Å²) in [7, 11) is -0.195. The summed E-state index contributed by atoms with van der Waals surface area (Å²) < 4.78 is 4.94. The highest BCUT2D eigenvalue weighted by atomic mass is 35.5. The number of halogens is 1. The van der Waals surface area contributed by atoms with E-state index in [1.54, 1.807) is 0 Å². The molecule has 0 fully saturated rings. The minimum absolute atomic E-state index is 0.202. The lowest BCUT2D eigenvalue weighted by atomic mass is 9.87. The Kier molecular flexibility index (Phi) is 8.11. The maximum atomic E-state index is 12.0. The van der Waals surface area contributed by atoms with Gasteiger partial charge in [-0.05, 0) is 41.2 Å². The fourth-order valence-electron chi connectivity index (χ4n) is 3.78. The van der Waals surface area contributed by atoms with Crippen molar-refractivity contribution >= 4 is 42.0 Å². The third-order valence-electron chi connectivity index (χ3n) is 5.86. The third-order valence-corrected chi connectivity index (χ3v) is 10.4. The summed E-state index contributed by atoms with van der Waals surface area (Å²) in [5.41, 5.74) is 7.60. The molecular weight excluding hydrogens is 432 g/mol. The molecule has 32 heavy (non-hydrogen) atoms. The molecule has 0 aliphatic rings. The first kappa shape index (κ1) is 24.0. The highest BCUT2D eigenvalue weighted by Gasteiger charge is 2.22. The van der Waals surface area contributed by atoms with E-state index in [4.69, 9.17) is 16.3 Å². The van der Waals surface area contributed by atoms with Gasteiger partial charge in [-0.15, -0.1) is 11.6 Å². The van der Waals surface area contributed by atoms with Crippen LogP contribution >= 0.6 is 11.6 Å². The van der Waals surface area contributed by atoms with E-state index in [9.17, 15) is 4.79 Å². The van der Waals surface area contributed by atoms with Crippen molar-refractivity contribution in [1.29, 1.82) is 0 Å². The number of ether oxygens (including phenoxy) is 1. The number of alkyl halides is 1. The molecule has 4 heteroatoms. The molecule has 3 rings (SSSR count).